The van der Waals surface area contributed by atoms with Crippen molar-refractivity contribution in [3.63, 3.8) is 0 Å². The number of ketones is 1. The molecule has 0 aliphatic heterocycles. The highest BCUT2D eigenvalue weighted by atomic mass is 32.1. The van der Waals surface area contributed by atoms with Crippen LogP contribution in [0, 0.1) is 6.92 Å². The zero-order valence-electron chi connectivity index (χ0n) is 10.5. The van der Waals surface area contributed by atoms with Crippen LogP contribution in [0.5, 0.6) is 5.75 Å². The molecule has 4 nitrogen and oxygen atoms in total. The number of aromatic nitrogens is 1. The van der Waals surface area contributed by atoms with Gasteiger partial charge in [-0.3, -0.25) is 4.79 Å². The van der Waals surface area contributed by atoms with Crippen molar-refractivity contribution in [2.45, 2.75) is 6.92 Å². The molecule has 0 radical (unpaired) electrons. The van der Waals surface area contributed by atoms with Crippen LogP contribution in [0.2, 0.25) is 0 Å². The average molecular weight is 262 g/mol. The fourth-order valence-electron chi connectivity index (χ4n) is 1.66. The van der Waals surface area contributed by atoms with Gasteiger partial charge in [0.15, 0.2) is 5.13 Å². The molecule has 1 N–H and O–H groups in total. The second-order valence-electron chi connectivity index (χ2n) is 3.80. The van der Waals surface area contributed by atoms with Gasteiger partial charge < -0.3 is 10.1 Å². The van der Waals surface area contributed by atoms with Crippen molar-refractivity contribution in [2.75, 3.05) is 19.5 Å². The number of nitrogens with zero attached hydrogens (tertiary/aromatic N) is 1. The Labute approximate surface area is 110 Å². The van der Waals surface area contributed by atoms with E-state index in [1.54, 1.807) is 31.7 Å². The Morgan fingerprint density at radius 1 is 1.44 bits per heavy atom. The van der Waals surface area contributed by atoms with Crippen LogP contribution in [0.3, 0.4) is 0 Å². The van der Waals surface area contributed by atoms with Crippen LogP contribution in [-0.2, 0) is 0 Å². The Bertz CT molecular complexity index is 578. The van der Waals surface area contributed by atoms with Crippen molar-refractivity contribution in [3.05, 3.63) is 40.4 Å². The van der Waals surface area contributed by atoms with E-state index in [0.717, 1.165) is 16.4 Å². The molecule has 0 amide bonds. The van der Waals surface area contributed by atoms with Gasteiger partial charge in [-0.15, -0.1) is 11.3 Å². The molecule has 0 aliphatic rings. The van der Waals surface area contributed by atoms with Crippen molar-refractivity contribution in [3.8, 4) is 5.75 Å². The number of hydrogen-bond donors (Lipinski definition) is 1. The van der Waals surface area contributed by atoms with Gasteiger partial charge in [0, 0.05) is 18.0 Å². The maximum absolute atomic E-state index is 12.2. The van der Waals surface area contributed by atoms with Gasteiger partial charge in [0.05, 0.1) is 7.11 Å². The summed E-state index contributed by atoms with van der Waals surface area (Å²) < 4.78 is 5.17. The number of rotatable bonds is 4. The number of carbonyl (C=O) groups excluding carboxylic acids is 1. The van der Waals surface area contributed by atoms with Crippen molar-refractivity contribution < 1.29 is 9.53 Å². The van der Waals surface area contributed by atoms with E-state index in [1.807, 2.05) is 13.0 Å². The van der Waals surface area contributed by atoms with Gasteiger partial charge in [0.1, 0.15) is 11.4 Å². The minimum absolute atomic E-state index is 0.0708. The largest absolute Gasteiger partial charge is 0.496 e. The Morgan fingerprint density at radius 2 is 2.22 bits per heavy atom. The van der Waals surface area contributed by atoms with Crippen LogP contribution in [0.15, 0.2) is 23.6 Å². The Morgan fingerprint density at radius 3 is 2.78 bits per heavy atom. The summed E-state index contributed by atoms with van der Waals surface area (Å²) in [6.07, 6.45) is 0. The van der Waals surface area contributed by atoms with Crippen LogP contribution in [-0.4, -0.2) is 24.9 Å². The number of hydrogen-bond acceptors (Lipinski definition) is 5. The van der Waals surface area contributed by atoms with Crippen molar-refractivity contribution in [2.24, 2.45) is 0 Å². The third-order valence-corrected chi connectivity index (χ3v) is 3.47. The maximum Gasteiger partial charge on any atom is 0.212 e. The average Bonchev–Trinajstić information content (AvgIpc) is 2.86. The molecule has 0 fully saturated rings. The number of ether oxygens (including phenoxy) is 1. The van der Waals surface area contributed by atoms with Gasteiger partial charge in [-0.25, -0.2) is 4.98 Å². The third-order valence-electron chi connectivity index (χ3n) is 2.61. The van der Waals surface area contributed by atoms with Crippen LogP contribution in [0.25, 0.3) is 0 Å². The number of anilines is 1. The normalized spacial score (nSPS) is 10.2. The van der Waals surface area contributed by atoms with Crippen LogP contribution < -0.4 is 10.1 Å². The molecular formula is C13H14N2O2S. The van der Waals surface area contributed by atoms with Crippen molar-refractivity contribution >= 4 is 22.3 Å². The van der Waals surface area contributed by atoms with Crippen molar-refractivity contribution in [1.29, 1.82) is 0 Å². The number of thiazole rings is 1. The Hall–Kier alpha value is -1.88. The second-order valence-corrected chi connectivity index (χ2v) is 4.66. The molecule has 0 bridgehead atoms. The molecule has 2 aromatic rings. The van der Waals surface area contributed by atoms with Crippen LogP contribution in [0.4, 0.5) is 5.13 Å². The highest BCUT2D eigenvalue weighted by Gasteiger charge is 2.14. The zero-order valence-corrected chi connectivity index (χ0v) is 11.3. The first-order chi connectivity index (χ1) is 8.65. The molecule has 1 aromatic heterocycles. The first-order valence-corrected chi connectivity index (χ1v) is 6.36. The lowest BCUT2D eigenvalue weighted by atomic mass is 10.1. The molecule has 0 saturated heterocycles. The summed E-state index contributed by atoms with van der Waals surface area (Å²) in [5.41, 5.74) is 2.03. The number of aryl methyl sites for hydroxylation is 1. The van der Waals surface area contributed by atoms with E-state index in [-0.39, 0.29) is 5.78 Å². The monoisotopic (exact) mass is 262 g/mol. The first kappa shape index (κ1) is 12.6. The lowest BCUT2D eigenvalue weighted by Crippen LogP contribution is -2.03. The summed E-state index contributed by atoms with van der Waals surface area (Å²) in [6.45, 7) is 1.91. The molecule has 5 heteroatoms. The minimum atomic E-state index is -0.0708. The quantitative estimate of drug-likeness (QED) is 0.861. The van der Waals surface area contributed by atoms with Crippen LogP contribution in [0.1, 0.15) is 21.6 Å². The van der Waals surface area contributed by atoms with Gasteiger partial charge in [-0.2, -0.15) is 0 Å². The van der Waals surface area contributed by atoms with E-state index >= 15 is 0 Å². The van der Waals surface area contributed by atoms with Gasteiger partial charge in [0.25, 0.3) is 0 Å². The topological polar surface area (TPSA) is 51.2 Å². The second kappa shape index (κ2) is 5.18. The molecule has 0 unspecified atom stereocenters. The number of nitrogens with one attached hydrogen (secondary N) is 1. The molecule has 0 saturated carbocycles. The van der Waals surface area contributed by atoms with E-state index in [1.165, 1.54) is 11.3 Å². The molecule has 0 atom stereocenters. The predicted molar refractivity (Wildman–Crippen MR) is 72.8 cm³/mol. The summed E-state index contributed by atoms with van der Waals surface area (Å²) in [5, 5.41) is 5.42. The SMILES string of the molecule is CNc1nc(C(=O)c2ccc(OC)c(C)c2)cs1. The third kappa shape index (κ3) is 2.36. The highest BCUT2D eigenvalue weighted by molar-refractivity contribution is 7.13. The number of carbonyl (C=O) groups is 1. The molecule has 2 rings (SSSR count). The summed E-state index contributed by atoms with van der Waals surface area (Å²) in [7, 11) is 3.40. The minimum Gasteiger partial charge on any atom is -0.496 e. The summed E-state index contributed by atoms with van der Waals surface area (Å²) in [5.74, 6) is 0.708. The summed E-state index contributed by atoms with van der Waals surface area (Å²) >= 11 is 1.42. The van der Waals surface area contributed by atoms with E-state index in [2.05, 4.69) is 10.3 Å². The predicted octanol–water partition coefficient (Wildman–Crippen LogP) is 2.73. The highest BCUT2D eigenvalue weighted by Crippen LogP contribution is 2.22. The first-order valence-electron chi connectivity index (χ1n) is 5.48. The van der Waals surface area contributed by atoms with Gasteiger partial charge in [-0.05, 0) is 30.7 Å². The van der Waals surface area contributed by atoms with Crippen LogP contribution >= 0.6 is 11.3 Å². The summed E-state index contributed by atoms with van der Waals surface area (Å²) in [4.78, 5) is 16.4. The smallest absolute Gasteiger partial charge is 0.212 e. The molecule has 0 spiro atoms. The van der Waals surface area contributed by atoms with Crippen molar-refractivity contribution in [1.82, 2.24) is 4.98 Å². The van der Waals surface area contributed by atoms with Gasteiger partial charge in [0.2, 0.25) is 5.78 Å². The molecule has 18 heavy (non-hydrogen) atoms. The Kier molecular flexibility index (Phi) is 3.62. The molecule has 0 aliphatic carbocycles. The van der Waals surface area contributed by atoms with E-state index < -0.39 is 0 Å². The molecular weight excluding hydrogens is 248 g/mol. The Balaban J connectivity index is 2.31. The molecule has 94 valence electrons. The fourth-order valence-corrected chi connectivity index (χ4v) is 2.31. The number of methoxy groups -OCH3 is 1. The van der Waals surface area contributed by atoms with Gasteiger partial charge in [-0.1, -0.05) is 0 Å². The van der Waals surface area contributed by atoms with E-state index in [0.29, 0.717) is 11.3 Å². The molecule has 1 aromatic carbocycles. The lowest BCUT2D eigenvalue weighted by molar-refractivity contribution is 0.103. The van der Waals surface area contributed by atoms with E-state index in [4.69, 9.17) is 4.74 Å². The van der Waals surface area contributed by atoms with E-state index in [9.17, 15) is 4.79 Å². The zero-order chi connectivity index (χ0) is 13.1. The standard InChI is InChI=1S/C13H14N2O2S/c1-8-6-9(4-5-11(8)17-3)12(16)10-7-18-13(14-2)15-10/h4-7H,1-3H3,(H,14,15). The lowest BCUT2D eigenvalue weighted by Gasteiger charge is -2.05. The van der Waals surface area contributed by atoms with Gasteiger partial charge >= 0.3 is 0 Å². The maximum atomic E-state index is 12.2. The number of benzene rings is 1. The molecule has 1 heterocycles. The fraction of sp³-hybridized carbons (Fsp3) is 0.231. The summed E-state index contributed by atoms with van der Waals surface area (Å²) in [6, 6.07) is 5.38.